The summed E-state index contributed by atoms with van der Waals surface area (Å²) in [5.41, 5.74) is 6.29. The van der Waals surface area contributed by atoms with Crippen molar-refractivity contribution in [1.29, 1.82) is 0 Å². The monoisotopic (exact) mass is 418 g/mol. The Morgan fingerprint density at radius 1 is 1.00 bits per heavy atom. The number of hydrogen-bond donors (Lipinski definition) is 0. The molecule has 29 heavy (non-hydrogen) atoms. The van der Waals surface area contributed by atoms with Gasteiger partial charge >= 0.3 is 0 Å². The molecule has 4 nitrogen and oxygen atoms in total. The molecule has 0 spiro atoms. The molecule has 0 N–H and O–H groups in total. The third kappa shape index (κ3) is 4.36. The first kappa shape index (κ1) is 19.3. The molecule has 0 fully saturated rings. The van der Waals surface area contributed by atoms with Crippen LogP contribution in [-0.2, 0) is 0 Å². The van der Waals surface area contributed by atoms with Crippen molar-refractivity contribution in [2.24, 2.45) is 10.1 Å². The minimum Gasteiger partial charge on any atom is -0.265 e. The normalized spacial score (nSPS) is 12.0. The van der Waals surface area contributed by atoms with E-state index in [1.54, 1.807) is 23.7 Å². The second kappa shape index (κ2) is 8.55. The number of thiazole rings is 1. The lowest BCUT2D eigenvalue weighted by Gasteiger charge is -2.05. The van der Waals surface area contributed by atoms with Gasteiger partial charge in [-0.15, -0.1) is 11.3 Å². The van der Waals surface area contributed by atoms with Gasteiger partial charge in [-0.05, 0) is 60.9 Å². The predicted molar refractivity (Wildman–Crippen MR) is 121 cm³/mol. The van der Waals surface area contributed by atoms with E-state index < -0.39 is 0 Å². The van der Waals surface area contributed by atoms with Gasteiger partial charge in [0.05, 0.1) is 17.6 Å². The predicted octanol–water partition coefficient (Wildman–Crippen LogP) is 6.00. The second-order valence-electron chi connectivity index (χ2n) is 6.58. The summed E-state index contributed by atoms with van der Waals surface area (Å²) < 4.78 is 1.87. The first-order valence-electron chi connectivity index (χ1n) is 9.13. The summed E-state index contributed by atoms with van der Waals surface area (Å²) in [6.45, 7) is 4.18. The molecule has 4 rings (SSSR count). The highest BCUT2D eigenvalue weighted by atomic mass is 35.5. The molecule has 2 aromatic heterocycles. The minimum atomic E-state index is 0.705. The van der Waals surface area contributed by atoms with Crippen molar-refractivity contribution >= 4 is 34.8 Å². The molecule has 6 heteroatoms. The molecule has 0 saturated carbocycles. The quantitative estimate of drug-likeness (QED) is 0.375. The van der Waals surface area contributed by atoms with Gasteiger partial charge in [0, 0.05) is 28.4 Å². The number of pyridine rings is 1. The van der Waals surface area contributed by atoms with Crippen LogP contribution in [0.4, 0.5) is 5.69 Å². The van der Waals surface area contributed by atoms with E-state index in [1.165, 1.54) is 11.1 Å². The average Bonchev–Trinajstić information content (AvgIpc) is 3.13. The van der Waals surface area contributed by atoms with Crippen LogP contribution in [0.5, 0.6) is 0 Å². The van der Waals surface area contributed by atoms with E-state index in [0.717, 1.165) is 27.3 Å². The molecule has 2 aromatic carbocycles. The van der Waals surface area contributed by atoms with Gasteiger partial charge in [-0.25, -0.2) is 9.67 Å². The van der Waals surface area contributed by atoms with Crippen molar-refractivity contribution in [1.82, 2.24) is 9.66 Å². The average molecular weight is 419 g/mol. The van der Waals surface area contributed by atoms with Crippen LogP contribution in [0.25, 0.3) is 11.3 Å². The van der Waals surface area contributed by atoms with E-state index in [2.05, 4.69) is 30.3 Å². The van der Waals surface area contributed by atoms with E-state index in [-0.39, 0.29) is 0 Å². The van der Waals surface area contributed by atoms with E-state index in [0.29, 0.717) is 5.02 Å². The molecule has 0 aliphatic carbocycles. The van der Waals surface area contributed by atoms with Gasteiger partial charge in [0.25, 0.3) is 0 Å². The van der Waals surface area contributed by atoms with Crippen molar-refractivity contribution in [2.45, 2.75) is 13.8 Å². The van der Waals surface area contributed by atoms with Crippen molar-refractivity contribution < 1.29 is 0 Å². The van der Waals surface area contributed by atoms with Gasteiger partial charge in [0.1, 0.15) is 0 Å². The van der Waals surface area contributed by atoms with Gasteiger partial charge in [0.15, 0.2) is 0 Å². The maximum Gasteiger partial charge on any atom is 0.211 e. The molecule has 0 aliphatic rings. The number of halogens is 1. The van der Waals surface area contributed by atoms with Crippen LogP contribution >= 0.6 is 22.9 Å². The summed E-state index contributed by atoms with van der Waals surface area (Å²) in [6.07, 6.45) is 5.32. The number of aromatic nitrogens is 2. The van der Waals surface area contributed by atoms with Crippen LogP contribution in [0.3, 0.4) is 0 Å². The molecule has 0 unspecified atom stereocenters. The zero-order valence-corrected chi connectivity index (χ0v) is 17.7. The van der Waals surface area contributed by atoms with Crippen LogP contribution in [0.1, 0.15) is 16.7 Å². The lowest BCUT2D eigenvalue weighted by atomic mass is 10.1. The Kier molecular flexibility index (Phi) is 5.69. The molecule has 0 aliphatic heterocycles. The molecule has 0 bridgehead atoms. The van der Waals surface area contributed by atoms with Crippen LogP contribution in [0.2, 0.25) is 5.02 Å². The molecule has 0 radical (unpaired) electrons. The highest BCUT2D eigenvalue weighted by molar-refractivity contribution is 7.07. The largest absolute Gasteiger partial charge is 0.265 e. The number of hydrogen-bond acceptors (Lipinski definition) is 4. The fourth-order valence-corrected chi connectivity index (χ4v) is 3.82. The summed E-state index contributed by atoms with van der Waals surface area (Å²) in [5.74, 6) is 0. The Balaban J connectivity index is 1.87. The van der Waals surface area contributed by atoms with Crippen LogP contribution in [-0.4, -0.2) is 15.9 Å². The summed E-state index contributed by atoms with van der Waals surface area (Å²) in [4.78, 5) is 9.76. The topological polar surface area (TPSA) is 42.5 Å². The molecule has 0 amide bonds. The van der Waals surface area contributed by atoms with Gasteiger partial charge in [-0.3, -0.25) is 4.98 Å². The number of aryl methyl sites for hydroxylation is 1. The van der Waals surface area contributed by atoms with E-state index >= 15 is 0 Å². The number of nitrogens with zero attached hydrogens (tertiary/aromatic N) is 4. The Labute approximate surface area is 178 Å². The fourth-order valence-electron chi connectivity index (χ4n) is 2.84. The highest BCUT2D eigenvalue weighted by Gasteiger charge is 2.08. The van der Waals surface area contributed by atoms with Crippen LogP contribution < -0.4 is 4.80 Å². The number of rotatable bonds is 4. The molecule has 0 saturated heterocycles. The highest BCUT2D eigenvalue weighted by Crippen LogP contribution is 2.24. The third-order valence-electron chi connectivity index (χ3n) is 4.65. The van der Waals surface area contributed by atoms with Crippen molar-refractivity contribution in [3.05, 3.63) is 98.9 Å². The zero-order chi connectivity index (χ0) is 20.2. The minimum absolute atomic E-state index is 0.705. The molecule has 4 aromatic rings. The summed E-state index contributed by atoms with van der Waals surface area (Å²) in [7, 11) is 0. The summed E-state index contributed by atoms with van der Waals surface area (Å²) >= 11 is 7.62. The molecule has 0 atom stereocenters. The van der Waals surface area contributed by atoms with E-state index in [1.807, 2.05) is 59.4 Å². The standard InChI is InChI=1S/C23H19ClN4S/c1-16-4-3-5-21(17(16)2)27-23-28(26-14-18-10-12-25-13-11-18)22(15-29-23)19-6-8-20(24)9-7-19/h3-15H,1-2H3/b26-14+,27-23?. The van der Waals surface area contributed by atoms with Gasteiger partial charge in [0.2, 0.25) is 4.80 Å². The Bertz CT molecular complexity index is 1220. The summed E-state index contributed by atoms with van der Waals surface area (Å²) in [5, 5.41) is 7.50. The maximum absolute atomic E-state index is 6.07. The third-order valence-corrected chi connectivity index (χ3v) is 5.71. The first-order valence-corrected chi connectivity index (χ1v) is 10.4. The molecule has 2 heterocycles. The van der Waals surface area contributed by atoms with Crippen LogP contribution in [0.15, 0.2) is 82.5 Å². The Morgan fingerprint density at radius 3 is 2.52 bits per heavy atom. The SMILES string of the molecule is Cc1cccc(N=c2scc(-c3ccc(Cl)cc3)n2/N=C/c2ccncc2)c1C. The molecular weight excluding hydrogens is 400 g/mol. The van der Waals surface area contributed by atoms with Crippen molar-refractivity contribution in [3.63, 3.8) is 0 Å². The Morgan fingerprint density at radius 2 is 1.76 bits per heavy atom. The van der Waals surface area contributed by atoms with Crippen molar-refractivity contribution in [2.75, 3.05) is 0 Å². The Hall–Kier alpha value is -3.02. The second-order valence-corrected chi connectivity index (χ2v) is 7.85. The molecule has 144 valence electrons. The van der Waals surface area contributed by atoms with Gasteiger partial charge < -0.3 is 0 Å². The maximum atomic E-state index is 6.07. The van der Waals surface area contributed by atoms with Gasteiger partial charge in [-0.2, -0.15) is 5.10 Å². The smallest absolute Gasteiger partial charge is 0.211 e. The van der Waals surface area contributed by atoms with Gasteiger partial charge in [-0.1, -0.05) is 35.9 Å². The first-order chi connectivity index (χ1) is 14.1. The lowest BCUT2D eigenvalue weighted by Crippen LogP contribution is -2.11. The molecular formula is C23H19ClN4S. The summed E-state index contributed by atoms with van der Waals surface area (Å²) in [6, 6.07) is 17.7. The number of benzene rings is 2. The fraction of sp³-hybridized carbons (Fsp3) is 0.0870. The van der Waals surface area contributed by atoms with Crippen molar-refractivity contribution in [3.8, 4) is 11.3 Å². The van der Waals surface area contributed by atoms with E-state index in [9.17, 15) is 0 Å². The zero-order valence-electron chi connectivity index (χ0n) is 16.1. The lowest BCUT2D eigenvalue weighted by molar-refractivity contribution is 0.854. The van der Waals surface area contributed by atoms with E-state index in [4.69, 9.17) is 21.7 Å². The van der Waals surface area contributed by atoms with Crippen LogP contribution in [0, 0.1) is 13.8 Å².